The second-order valence-electron chi connectivity index (χ2n) is 6.24. The topological polar surface area (TPSA) is 49.3 Å². The fraction of sp³-hybridized carbons (Fsp3) is 0.650. The molecule has 3 nitrogen and oxygen atoms in total. The third-order valence-electron chi connectivity index (χ3n) is 4.18. The molecule has 0 saturated carbocycles. The number of thioether (sulfide) groups is 1. The molecule has 2 N–H and O–H groups in total. The van der Waals surface area contributed by atoms with E-state index in [1.807, 2.05) is 57.4 Å². The number of unbranched alkanes of at least 4 members (excludes halogenated alkanes) is 2. The Labute approximate surface area is 152 Å². The Balaban J connectivity index is 0.000000922. The van der Waals surface area contributed by atoms with Gasteiger partial charge in [0.1, 0.15) is 0 Å². The Morgan fingerprint density at radius 3 is 2.08 bits per heavy atom. The van der Waals surface area contributed by atoms with Gasteiger partial charge in [-0.05, 0) is 18.7 Å². The Kier molecular flexibility index (Phi) is 12.8. The number of nitrogens with one attached hydrogen (secondary N) is 1. The number of hydrogen-bond donors (Lipinski definition) is 2. The summed E-state index contributed by atoms with van der Waals surface area (Å²) in [5, 5.41) is 13.4. The lowest BCUT2D eigenvalue weighted by Crippen LogP contribution is -2.42. The molecule has 1 aromatic rings. The molecular weight excluding hydrogens is 318 g/mol. The van der Waals surface area contributed by atoms with Gasteiger partial charge < -0.3 is 10.4 Å². The van der Waals surface area contributed by atoms with E-state index in [1.165, 1.54) is 19.3 Å². The van der Waals surface area contributed by atoms with Crippen LogP contribution in [0.25, 0.3) is 0 Å². The number of rotatable bonds is 8. The van der Waals surface area contributed by atoms with Gasteiger partial charge in [0.15, 0.2) is 0 Å². The molecule has 138 valence electrons. The standard InChI is InChI=1S/C15H23NO2S.C5H12/c1-10(12(3)19-4)15(18)16-11(2)14(17)13-8-6-5-7-9-13;1-3-5-4-2/h5-12,14,17H,1-4H3,(H,16,18);3-5H2,1-2H3. The summed E-state index contributed by atoms with van der Waals surface area (Å²) in [5.74, 6) is -0.0789. The lowest BCUT2D eigenvalue weighted by molar-refractivity contribution is -0.125. The van der Waals surface area contributed by atoms with Crippen LogP contribution in [0.4, 0.5) is 0 Å². The molecule has 0 aliphatic carbocycles. The Hall–Kier alpha value is -1.00. The molecule has 1 amide bonds. The molecule has 0 aliphatic rings. The summed E-state index contributed by atoms with van der Waals surface area (Å²) in [6.07, 6.45) is 5.39. The van der Waals surface area contributed by atoms with E-state index in [2.05, 4.69) is 19.2 Å². The van der Waals surface area contributed by atoms with E-state index >= 15 is 0 Å². The van der Waals surface area contributed by atoms with Crippen molar-refractivity contribution in [3.63, 3.8) is 0 Å². The molecule has 0 heterocycles. The van der Waals surface area contributed by atoms with E-state index in [1.54, 1.807) is 11.8 Å². The van der Waals surface area contributed by atoms with Crippen LogP contribution in [-0.4, -0.2) is 28.6 Å². The van der Waals surface area contributed by atoms with E-state index in [0.717, 1.165) is 5.56 Å². The zero-order valence-corrected chi connectivity index (χ0v) is 16.9. The van der Waals surface area contributed by atoms with Crippen molar-refractivity contribution in [2.75, 3.05) is 6.26 Å². The van der Waals surface area contributed by atoms with Crippen LogP contribution in [0.3, 0.4) is 0 Å². The molecule has 0 fully saturated rings. The highest BCUT2D eigenvalue weighted by Crippen LogP contribution is 2.19. The van der Waals surface area contributed by atoms with Gasteiger partial charge in [-0.3, -0.25) is 4.79 Å². The van der Waals surface area contributed by atoms with Crippen molar-refractivity contribution >= 4 is 17.7 Å². The second-order valence-corrected chi connectivity index (χ2v) is 7.45. The Bertz CT molecular complexity index is 437. The van der Waals surface area contributed by atoms with E-state index in [9.17, 15) is 9.90 Å². The summed E-state index contributed by atoms with van der Waals surface area (Å²) in [6.45, 7) is 10.2. The number of hydrogen-bond acceptors (Lipinski definition) is 3. The lowest BCUT2D eigenvalue weighted by Gasteiger charge is -2.24. The van der Waals surface area contributed by atoms with Gasteiger partial charge in [-0.1, -0.05) is 77.3 Å². The fourth-order valence-corrected chi connectivity index (χ4v) is 2.68. The molecule has 0 radical (unpaired) electrons. The minimum atomic E-state index is -0.679. The van der Waals surface area contributed by atoms with Crippen molar-refractivity contribution in [1.29, 1.82) is 0 Å². The monoisotopic (exact) mass is 353 g/mol. The highest BCUT2D eigenvalue weighted by atomic mass is 32.2. The maximum absolute atomic E-state index is 12.1. The first-order chi connectivity index (χ1) is 11.4. The molecule has 1 rings (SSSR count). The van der Waals surface area contributed by atoms with Gasteiger partial charge in [0, 0.05) is 11.2 Å². The zero-order valence-electron chi connectivity index (χ0n) is 16.1. The molecule has 1 aromatic carbocycles. The van der Waals surface area contributed by atoms with Gasteiger partial charge in [-0.15, -0.1) is 0 Å². The SMILES string of the molecule is CCCCC.CSC(C)C(C)C(=O)NC(C)C(O)c1ccccc1. The van der Waals surface area contributed by atoms with Crippen molar-refractivity contribution in [1.82, 2.24) is 5.32 Å². The van der Waals surface area contributed by atoms with Gasteiger partial charge in [-0.2, -0.15) is 11.8 Å². The van der Waals surface area contributed by atoms with E-state index in [4.69, 9.17) is 0 Å². The van der Waals surface area contributed by atoms with Crippen molar-refractivity contribution in [3.05, 3.63) is 35.9 Å². The molecule has 0 aromatic heterocycles. The minimum absolute atomic E-state index is 0.00988. The van der Waals surface area contributed by atoms with Gasteiger partial charge in [0.2, 0.25) is 5.91 Å². The first kappa shape index (κ1) is 23.0. The first-order valence-electron chi connectivity index (χ1n) is 8.95. The summed E-state index contributed by atoms with van der Waals surface area (Å²) in [4.78, 5) is 12.1. The minimum Gasteiger partial charge on any atom is -0.386 e. The number of amides is 1. The Morgan fingerprint density at radius 2 is 1.67 bits per heavy atom. The normalized spacial score (nSPS) is 15.5. The quantitative estimate of drug-likeness (QED) is 0.705. The number of aliphatic hydroxyl groups is 1. The molecule has 24 heavy (non-hydrogen) atoms. The maximum Gasteiger partial charge on any atom is 0.224 e. The number of carbonyl (C=O) groups is 1. The van der Waals surface area contributed by atoms with Crippen LogP contribution in [0.2, 0.25) is 0 Å². The van der Waals surface area contributed by atoms with Crippen LogP contribution in [0, 0.1) is 5.92 Å². The van der Waals surface area contributed by atoms with Crippen molar-refractivity contribution < 1.29 is 9.90 Å². The summed E-state index contributed by atoms with van der Waals surface area (Å²) >= 11 is 1.67. The van der Waals surface area contributed by atoms with E-state index < -0.39 is 6.10 Å². The molecule has 4 unspecified atom stereocenters. The first-order valence-corrected chi connectivity index (χ1v) is 10.2. The Morgan fingerprint density at radius 1 is 1.12 bits per heavy atom. The summed E-state index contributed by atoms with van der Waals surface area (Å²) in [5.41, 5.74) is 0.820. The van der Waals surface area contributed by atoms with Crippen LogP contribution < -0.4 is 5.32 Å². The fourth-order valence-electron chi connectivity index (χ4n) is 2.14. The van der Waals surface area contributed by atoms with Crippen molar-refractivity contribution in [3.8, 4) is 0 Å². The molecular formula is C20H35NO2S. The predicted octanol–water partition coefficient (Wildman–Crippen LogP) is 4.81. The number of benzene rings is 1. The molecule has 4 atom stereocenters. The zero-order chi connectivity index (χ0) is 18.5. The van der Waals surface area contributed by atoms with E-state index in [-0.39, 0.29) is 23.1 Å². The summed E-state index contributed by atoms with van der Waals surface area (Å²) in [6, 6.07) is 9.09. The maximum atomic E-state index is 12.1. The summed E-state index contributed by atoms with van der Waals surface area (Å²) in [7, 11) is 0. The van der Waals surface area contributed by atoms with Crippen LogP contribution in [0.1, 0.15) is 65.5 Å². The van der Waals surface area contributed by atoms with Crippen LogP contribution in [0.15, 0.2) is 30.3 Å². The average Bonchev–Trinajstić information content (AvgIpc) is 2.61. The molecule has 0 spiro atoms. The lowest BCUT2D eigenvalue weighted by atomic mass is 10.0. The highest BCUT2D eigenvalue weighted by molar-refractivity contribution is 7.99. The molecule has 0 bridgehead atoms. The van der Waals surface area contributed by atoms with Gasteiger partial charge in [-0.25, -0.2) is 0 Å². The smallest absolute Gasteiger partial charge is 0.224 e. The highest BCUT2D eigenvalue weighted by Gasteiger charge is 2.24. The third-order valence-corrected chi connectivity index (χ3v) is 5.33. The third kappa shape index (κ3) is 8.74. The molecule has 4 heteroatoms. The van der Waals surface area contributed by atoms with Gasteiger partial charge >= 0.3 is 0 Å². The summed E-state index contributed by atoms with van der Waals surface area (Å²) < 4.78 is 0. The van der Waals surface area contributed by atoms with E-state index in [0.29, 0.717) is 0 Å². The van der Waals surface area contributed by atoms with Crippen LogP contribution >= 0.6 is 11.8 Å². The molecule has 0 saturated heterocycles. The average molecular weight is 354 g/mol. The predicted molar refractivity (Wildman–Crippen MR) is 106 cm³/mol. The van der Waals surface area contributed by atoms with Crippen molar-refractivity contribution in [2.24, 2.45) is 5.92 Å². The van der Waals surface area contributed by atoms with Crippen LogP contribution in [0.5, 0.6) is 0 Å². The number of aliphatic hydroxyl groups excluding tert-OH is 1. The van der Waals surface area contributed by atoms with Gasteiger partial charge in [0.25, 0.3) is 0 Å². The van der Waals surface area contributed by atoms with Crippen LogP contribution in [-0.2, 0) is 4.79 Å². The second kappa shape index (κ2) is 13.3. The number of carbonyl (C=O) groups excluding carboxylic acids is 1. The van der Waals surface area contributed by atoms with Crippen molar-refractivity contribution in [2.45, 2.75) is 71.3 Å². The molecule has 0 aliphatic heterocycles. The van der Waals surface area contributed by atoms with Gasteiger partial charge in [0.05, 0.1) is 12.1 Å². The largest absolute Gasteiger partial charge is 0.386 e.